The van der Waals surface area contributed by atoms with Gasteiger partial charge < -0.3 is 0 Å². The number of allylic oxidation sites excluding steroid dienone is 12. The van der Waals surface area contributed by atoms with Crippen molar-refractivity contribution >= 4 is 0 Å². The fourth-order valence-electron chi connectivity index (χ4n) is 4.16. The zero-order valence-corrected chi connectivity index (χ0v) is 31.2. The topological polar surface area (TPSA) is 36.9 Å². The van der Waals surface area contributed by atoms with E-state index in [0.717, 1.165) is 51.4 Å². The minimum atomic E-state index is -1.62. The Morgan fingerprint density at radius 2 is 0.533 bits per heavy atom. The van der Waals surface area contributed by atoms with Crippen molar-refractivity contribution in [1.82, 2.24) is 0 Å². The normalized spacial score (nSPS) is 14.1. The number of ether oxygens (including phenoxy) is 4. The van der Waals surface area contributed by atoms with Crippen molar-refractivity contribution in [2.24, 2.45) is 0 Å². The van der Waals surface area contributed by atoms with E-state index in [-0.39, 0.29) is 0 Å². The Bertz CT molecular complexity index is 885. The summed E-state index contributed by atoms with van der Waals surface area (Å²) in [5.74, 6) is 0. The van der Waals surface area contributed by atoms with Crippen LogP contribution in [0.15, 0.2) is 93.2 Å². The minimum Gasteiger partial charge on any atom is -0.299 e. The van der Waals surface area contributed by atoms with Gasteiger partial charge in [0.1, 0.15) is 0 Å². The summed E-state index contributed by atoms with van der Waals surface area (Å²) in [5, 5.41) is 0. The van der Waals surface area contributed by atoms with Crippen LogP contribution in [0.2, 0.25) is 0 Å². The molecule has 0 N–H and O–H groups in total. The Kier molecular flexibility index (Phi) is 24.6. The standard InChI is InChI=1S/C41H68O4/c1-33(2)17-13-21-37(9)25-29-42-41(43-30-26-38(10)22-14-18-34(3)4,44-31-27-39(11)23-15-19-35(5)6)45-32-28-40(12)24-16-20-36(7)8/h17-20,25-28H,13-16,21-24,29-32H2,1-12H3. The van der Waals surface area contributed by atoms with E-state index in [1.807, 2.05) is 0 Å². The Hall–Kier alpha value is -2.24. The lowest BCUT2D eigenvalue weighted by atomic mass is 10.1. The molecular weight excluding hydrogens is 556 g/mol. The summed E-state index contributed by atoms with van der Waals surface area (Å²) in [4.78, 5) is 0. The molecule has 4 nitrogen and oxygen atoms in total. The summed E-state index contributed by atoms with van der Waals surface area (Å²) in [6, 6.07) is 0. The van der Waals surface area contributed by atoms with Gasteiger partial charge in [-0.1, -0.05) is 93.2 Å². The average Bonchev–Trinajstić information content (AvgIpc) is 2.92. The van der Waals surface area contributed by atoms with E-state index < -0.39 is 6.16 Å². The third kappa shape index (κ3) is 26.7. The molecular formula is C41H68O4. The first kappa shape index (κ1) is 42.8. The second-order valence-electron chi connectivity index (χ2n) is 13.2. The van der Waals surface area contributed by atoms with Crippen LogP contribution in [0.5, 0.6) is 0 Å². The highest BCUT2D eigenvalue weighted by molar-refractivity contribution is 5.05. The van der Waals surface area contributed by atoms with Crippen molar-refractivity contribution in [2.45, 2.75) is 141 Å². The molecule has 0 amide bonds. The summed E-state index contributed by atoms with van der Waals surface area (Å²) in [6.45, 7) is 27.0. The number of hydrogen-bond acceptors (Lipinski definition) is 4. The molecule has 0 aliphatic heterocycles. The van der Waals surface area contributed by atoms with Gasteiger partial charge in [0.15, 0.2) is 0 Å². The molecule has 0 rings (SSSR count). The second-order valence-corrected chi connectivity index (χ2v) is 13.2. The number of rotatable bonds is 24. The lowest BCUT2D eigenvalue weighted by Gasteiger charge is -2.31. The van der Waals surface area contributed by atoms with Crippen LogP contribution in [0.3, 0.4) is 0 Å². The molecule has 256 valence electrons. The van der Waals surface area contributed by atoms with Crippen LogP contribution >= 0.6 is 0 Å². The van der Waals surface area contributed by atoms with Gasteiger partial charge in [-0.3, -0.25) is 18.9 Å². The molecule has 0 aliphatic rings. The Balaban J connectivity index is 5.97. The average molecular weight is 625 g/mol. The SMILES string of the molecule is CC(C)=CCCC(C)=CCOC(OCC=C(C)CCC=C(C)C)(OCC=C(C)CCC=C(C)C)OCC=C(C)CCC=C(C)C. The molecule has 0 aromatic heterocycles. The van der Waals surface area contributed by atoms with E-state index in [1.54, 1.807) is 0 Å². The van der Waals surface area contributed by atoms with Crippen LogP contribution in [-0.4, -0.2) is 32.6 Å². The first-order valence-corrected chi connectivity index (χ1v) is 17.0. The Morgan fingerprint density at radius 3 is 0.711 bits per heavy atom. The van der Waals surface area contributed by atoms with Crippen molar-refractivity contribution in [3.8, 4) is 0 Å². The van der Waals surface area contributed by atoms with Crippen molar-refractivity contribution in [1.29, 1.82) is 0 Å². The van der Waals surface area contributed by atoms with Gasteiger partial charge in [0.25, 0.3) is 0 Å². The van der Waals surface area contributed by atoms with Crippen LogP contribution in [0.1, 0.15) is 134 Å². The van der Waals surface area contributed by atoms with Gasteiger partial charge in [-0.2, -0.15) is 0 Å². The first-order valence-electron chi connectivity index (χ1n) is 17.0. The van der Waals surface area contributed by atoms with Gasteiger partial charge in [-0.25, -0.2) is 0 Å². The van der Waals surface area contributed by atoms with E-state index in [4.69, 9.17) is 18.9 Å². The number of hydrogen-bond donors (Lipinski definition) is 0. The highest BCUT2D eigenvalue weighted by Gasteiger charge is 2.35. The molecule has 4 heteroatoms. The molecule has 45 heavy (non-hydrogen) atoms. The predicted octanol–water partition coefficient (Wildman–Crippen LogP) is 12.4. The zero-order valence-electron chi connectivity index (χ0n) is 31.2. The molecule has 0 atom stereocenters. The maximum atomic E-state index is 6.34. The third-order valence-electron chi connectivity index (χ3n) is 7.13. The Morgan fingerprint density at radius 1 is 0.333 bits per heavy atom. The van der Waals surface area contributed by atoms with Crippen LogP contribution in [0.25, 0.3) is 0 Å². The van der Waals surface area contributed by atoms with E-state index >= 15 is 0 Å². The monoisotopic (exact) mass is 625 g/mol. The summed E-state index contributed by atoms with van der Waals surface area (Å²) in [7, 11) is 0. The fourth-order valence-corrected chi connectivity index (χ4v) is 4.16. The molecule has 0 radical (unpaired) electrons. The minimum absolute atomic E-state index is 0.330. The van der Waals surface area contributed by atoms with E-state index in [1.165, 1.54) is 44.6 Å². The maximum absolute atomic E-state index is 6.34. The molecule has 0 heterocycles. The molecule has 0 aliphatic carbocycles. The highest BCUT2D eigenvalue weighted by atomic mass is 17.0. The van der Waals surface area contributed by atoms with Gasteiger partial charge in [-0.05, 0) is 134 Å². The van der Waals surface area contributed by atoms with Gasteiger partial charge in [0.05, 0.1) is 26.4 Å². The summed E-state index contributed by atoms with van der Waals surface area (Å²) < 4.78 is 25.3. The third-order valence-corrected chi connectivity index (χ3v) is 7.13. The van der Waals surface area contributed by atoms with E-state index in [2.05, 4.69) is 132 Å². The molecule has 0 unspecified atom stereocenters. The van der Waals surface area contributed by atoms with Crippen molar-refractivity contribution in [2.75, 3.05) is 26.4 Å². The molecule has 0 aromatic rings. The van der Waals surface area contributed by atoms with Crippen LogP contribution in [-0.2, 0) is 18.9 Å². The van der Waals surface area contributed by atoms with Crippen LogP contribution in [0, 0.1) is 0 Å². The molecule has 0 saturated heterocycles. The fraction of sp³-hybridized carbons (Fsp3) is 0.610. The first-order chi connectivity index (χ1) is 21.2. The maximum Gasteiger partial charge on any atom is 0.413 e. The van der Waals surface area contributed by atoms with E-state index in [0.29, 0.717) is 26.4 Å². The smallest absolute Gasteiger partial charge is 0.299 e. The quantitative estimate of drug-likeness (QED) is 0.0791. The van der Waals surface area contributed by atoms with Crippen LogP contribution in [0.4, 0.5) is 0 Å². The second kappa shape index (κ2) is 25.9. The summed E-state index contributed by atoms with van der Waals surface area (Å²) >= 11 is 0. The molecule has 0 bridgehead atoms. The largest absolute Gasteiger partial charge is 0.413 e. The van der Waals surface area contributed by atoms with Gasteiger partial charge in [-0.15, -0.1) is 0 Å². The molecule has 0 fully saturated rings. The molecule has 0 saturated carbocycles. The predicted molar refractivity (Wildman–Crippen MR) is 196 cm³/mol. The van der Waals surface area contributed by atoms with Crippen molar-refractivity contribution in [3.63, 3.8) is 0 Å². The zero-order chi connectivity index (χ0) is 34.1. The van der Waals surface area contributed by atoms with Gasteiger partial charge >= 0.3 is 6.16 Å². The van der Waals surface area contributed by atoms with Gasteiger partial charge in [0.2, 0.25) is 0 Å². The van der Waals surface area contributed by atoms with Crippen molar-refractivity contribution < 1.29 is 18.9 Å². The molecule has 0 spiro atoms. The highest BCUT2D eigenvalue weighted by Crippen LogP contribution is 2.21. The lowest BCUT2D eigenvalue weighted by molar-refractivity contribution is -0.490. The Labute approximate surface area is 278 Å². The van der Waals surface area contributed by atoms with Crippen LogP contribution < -0.4 is 0 Å². The summed E-state index contributed by atoms with van der Waals surface area (Å²) in [5.41, 5.74) is 10.4. The van der Waals surface area contributed by atoms with Crippen molar-refractivity contribution in [3.05, 3.63) is 93.2 Å². The molecule has 0 aromatic carbocycles. The van der Waals surface area contributed by atoms with Gasteiger partial charge in [0, 0.05) is 0 Å². The van der Waals surface area contributed by atoms with E-state index in [9.17, 15) is 0 Å². The lowest BCUT2D eigenvalue weighted by Crippen LogP contribution is -2.43. The summed E-state index contributed by atoms with van der Waals surface area (Å²) in [6.07, 6.45) is 23.9.